The second-order valence-corrected chi connectivity index (χ2v) is 14.2. The average Bonchev–Trinajstić information content (AvgIpc) is 3.01. The Labute approximate surface area is 152 Å². The lowest BCUT2D eigenvalue weighted by molar-refractivity contribution is 0.235. The lowest BCUT2D eigenvalue weighted by Gasteiger charge is -2.38. The molecule has 0 bridgehead atoms. The molecule has 24 heavy (non-hydrogen) atoms. The molecule has 0 amide bonds. The van der Waals surface area contributed by atoms with Crippen LogP contribution in [0, 0.1) is 35.5 Å². The fourth-order valence-electron chi connectivity index (χ4n) is 6.75. The molecule has 0 saturated heterocycles. The number of hydrogen-bond acceptors (Lipinski definition) is 0. The van der Waals surface area contributed by atoms with Gasteiger partial charge in [0.25, 0.3) is 0 Å². The van der Waals surface area contributed by atoms with Crippen LogP contribution in [0.3, 0.4) is 0 Å². The average molecular weight is 345 g/mol. The van der Waals surface area contributed by atoms with Gasteiger partial charge in [-0.25, -0.2) is 0 Å². The molecule has 136 valence electrons. The predicted octanol–water partition coefficient (Wildman–Crippen LogP) is 7.17. The van der Waals surface area contributed by atoms with Crippen LogP contribution in [0.15, 0.2) is 22.0 Å². The van der Waals surface area contributed by atoms with Crippen molar-refractivity contribution in [3.63, 3.8) is 0 Å². The summed E-state index contributed by atoms with van der Waals surface area (Å²) < 4.78 is 0. The van der Waals surface area contributed by atoms with Gasteiger partial charge in [-0.1, -0.05) is 82.1 Å². The summed E-state index contributed by atoms with van der Waals surface area (Å²) in [5, 5.41) is 3.89. The zero-order valence-corrected chi connectivity index (χ0v) is 18.3. The molecule has 0 radical (unpaired) electrons. The second kappa shape index (κ2) is 6.78. The molecule has 0 nitrogen and oxygen atoms in total. The topological polar surface area (TPSA) is 0 Å². The van der Waals surface area contributed by atoms with Gasteiger partial charge in [-0.3, -0.25) is 0 Å². The van der Waals surface area contributed by atoms with Crippen LogP contribution in [0.4, 0.5) is 0 Å². The highest BCUT2D eigenvalue weighted by Gasteiger charge is 2.48. The van der Waals surface area contributed by atoms with E-state index in [1.165, 1.54) is 38.5 Å². The fourth-order valence-corrected chi connectivity index (χ4v) is 11.6. The zero-order chi connectivity index (χ0) is 17.6. The third-order valence-electron chi connectivity index (χ3n) is 8.32. The first-order valence-electron chi connectivity index (χ1n) is 10.7. The molecule has 0 aliphatic heterocycles. The molecule has 6 unspecified atom stereocenters. The summed E-state index contributed by atoms with van der Waals surface area (Å²) in [6.45, 7) is 17.7. The van der Waals surface area contributed by atoms with Crippen LogP contribution in [0.2, 0.25) is 13.1 Å². The van der Waals surface area contributed by atoms with E-state index in [9.17, 15) is 0 Å². The van der Waals surface area contributed by atoms with Crippen LogP contribution >= 0.6 is 0 Å². The summed E-state index contributed by atoms with van der Waals surface area (Å²) in [6.07, 6.45) is 11.6. The van der Waals surface area contributed by atoms with Crippen LogP contribution in [-0.4, -0.2) is 8.07 Å². The van der Waals surface area contributed by atoms with Gasteiger partial charge < -0.3 is 0 Å². The standard InChI is InChI=1S/C23H40Si/c1-8-11-19-14-22(21-13-10-9-12-20(19)21)24(6,7)23-17(4)15(2)16(3)18(23)5/h14-17,19-21H,8-13H2,1-7H3. The van der Waals surface area contributed by atoms with Crippen molar-refractivity contribution in [3.05, 3.63) is 22.0 Å². The molecule has 0 aromatic carbocycles. The van der Waals surface area contributed by atoms with E-state index in [1.54, 1.807) is 5.57 Å². The Morgan fingerprint density at radius 3 is 2.29 bits per heavy atom. The minimum atomic E-state index is -1.49. The monoisotopic (exact) mass is 344 g/mol. The van der Waals surface area contributed by atoms with Crippen molar-refractivity contribution in [1.29, 1.82) is 0 Å². The first-order chi connectivity index (χ1) is 11.3. The summed E-state index contributed by atoms with van der Waals surface area (Å²) in [4.78, 5) is 0. The SMILES string of the molecule is CCCC1C=C([Si](C)(C)C2=C(C)C(C)C(C)C2C)C2CCCCC12. The maximum atomic E-state index is 2.83. The normalized spacial score (nSPS) is 40.0. The Balaban J connectivity index is 1.98. The molecule has 0 spiro atoms. The van der Waals surface area contributed by atoms with E-state index in [0.29, 0.717) is 0 Å². The van der Waals surface area contributed by atoms with Gasteiger partial charge in [0.2, 0.25) is 0 Å². The molecular formula is C23H40Si. The fraction of sp³-hybridized carbons (Fsp3) is 0.826. The molecule has 0 N–H and O–H groups in total. The van der Waals surface area contributed by atoms with Crippen molar-refractivity contribution in [2.45, 2.75) is 86.2 Å². The molecule has 1 fully saturated rings. The van der Waals surface area contributed by atoms with Crippen LogP contribution in [0.1, 0.15) is 73.1 Å². The summed E-state index contributed by atoms with van der Waals surface area (Å²) in [5.41, 5.74) is 1.76. The van der Waals surface area contributed by atoms with E-state index < -0.39 is 8.07 Å². The molecule has 0 aromatic rings. The maximum Gasteiger partial charge on any atom is 0.103 e. The molecule has 1 saturated carbocycles. The third-order valence-corrected chi connectivity index (χ3v) is 12.5. The first-order valence-corrected chi connectivity index (χ1v) is 13.7. The second-order valence-electron chi connectivity index (χ2n) is 9.79. The van der Waals surface area contributed by atoms with Gasteiger partial charge in [-0.15, -0.1) is 0 Å². The van der Waals surface area contributed by atoms with Crippen molar-refractivity contribution < 1.29 is 0 Å². The van der Waals surface area contributed by atoms with Crippen molar-refractivity contribution in [2.24, 2.45) is 35.5 Å². The number of hydrogen-bond donors (Lipinski definition) is 0. The minimum absolute atomic E-state index is 0.789. The van der Waals surface area contributed by atoms with Crippen LogP contribution in [0.25, 0.3) is 0 Å². The summed E-state index contributed by atoms with van der Waals surface area (Å²) in [6, 6.07) is 0. The molecule has 0 heterocycles. The van der Waals surface area contributed by atoms with E-state index in [-0.39, 0.29) is 0 Å². The molecule has 6 atom stereocenters. The molecule has 1 heteroatoms. The Hall–Kier alpha value is -0.303. The van der Waals surface area contributed by atoms with Crippen LogP contribution in [0.5, 0.6) is 0 Å². The molecule has 3 aliphatic rings. The summed E-state index contributed by atoms with van der Waals surface area (Å²) >= 11 is 0. The minimum Gasteiger partial charge on any atom is -0.0851 e. The molecule has 3 rings (SSSR count). The smallest absolute Gasteiger partial charge is 0.0851 e. The molecule has 0 aromatic heterocycles. The van der Waals surface area contributed by atoms with Crippen molar-refractivity contribution >= 4 is 8.07 Å². The van der Waals surface area contributed by atoms with Gasteiger partial charge in [0.15, 0.2) is 0 Å². The number of fused-ring (bicyclic) bond motifs is 1. The highest BCUT2D eigenvalue weighted by atomic mass is 28.3. The van der Waals surface area contributed by atoms with Crippen molar-refractivity contribution in [2.75, 3.05) is 0 Å². The van der Waals surface area contributed by atoms with Gasteiger partial charge in [0, 0.05) is 0 Å². The Kier molecular flexibility index (Phi) is 5.22. The maximum absolute atomic E-state index is 2.83. The number of rotatable bonds is 4. The van der Waals surface area contributed by atoms with Crippen molar-refractivity contribution in [1.82, 2.24) is 0 Å². The van der Waals surface area contributed by atoms with Gasteiger partial charge in [0.1, 0.15) is 8.07 Å². The van der Waals surface area contributed by atoms with Gasteiger partial charge in [-0.2, -0.15) is 0 Å². The molecule has 3 aliphatic carbocycles. The van der Waals surface area contributed by atoms with Crippen molar-refractivity contribution in [3.8, 4) is 0 Å². The largest absolute Gasteiger partial charge is 0.103 e. The third kappa shape index (κ3) is 2.79. The number of allylic oxidation sites excluding steroid dienone is 4. The highest BCUT2D eigenvalue weighted by molar-refractivity contribution is 6.91. The van der Waals surface area contributed by atoms with E-state index in [2.05, 4.69) is 53.8 Å². The van der Waals surface area contributed by atoms with Gasteiger partial charge in [0.05, 0.1) is 0 Å². The van der Waals surface area contributed by atoms with Gasteiger partial charge in [-0.05, 0) is 61.7 Å². The Morgan fingerprint density at radius 2 is 1.71 bits per heavy atom. The zero-order valence-electron chi connectivity index (χ0n) is 17.3. The van der Waals surface area contributed by atoms with Crippen LogP contribution < -0.4 is 0 Å². The first kappa shape index (κ1) is 18.5. The van der Waals surface area contributed by atoms with E-state index in [4.69, 9.17) is 0 Å². The lowest BCUT2D eigenvalue weighted by Crippen LogP contribution is -2.39. The predicted molar refractivity (Wildman–Crippen MR) is 110 cm³/mol. The lowest BCUT2D eigenvalue weighted by atomic mass is 9.76. The van der Waals surface area contributed by atoms with E-state index >= 15 is 0 Å². The summed E-state index contributed by atoms with van der Waals surface area (Å²) in [5.74, 6) is 5.26. The van der Waals surface area contributed by atoms with E-state index in [0.717, 1.165) is 35.5 Å². The Morgan fingerprint density at radius 1 is 1.04 bits per heavy atom. The quantitative estimate of drug-likeness (QED) is 0.474. The Bertz CT molecular complexity index is 538. The molecular weight excluding hydrogens is 304 g/mol. The van der Waals surface area contributed by atoms with E-state index in [1.807, 2.05) is 10.4 Å². The van der Waals surface area contributed by atoms with Gasteiger partial charge >= 0.3 is 0 Å². The summed E-state index contributed by atoms with van der Waals surface area (Å²) in [7, 11) is -1.49. The highest BCUT2D eigenvalue weighted by Crippen LogP contribution is 2.54. The van der Waals surface area contributed by atoms with Crippen LogP contribution in [-0.2, 0) is 0 Å².